The van der Waals surface area contributed by atoms with Crippen molar-refractivity contribution < 1.29 is 50.5 Å². The van der Waals surface area contributed by atoms with E-state index in [2.05, 4.69) is 4.98 Å². The van der Waals surface area contributed by atoms with Gasteiger partial charge >= 0.3 is 12.4 Å². The molecule has 9 nitrogen and oxygen atoms in total. The van der Waals surface area contributed by atoms with E-state index in [-0.39, 0.29) is 32.7 Å². The summed E-state index contributed by atoms with van der Waals surface area (Å²) < 4.78 is 90.0. The standard InChI is InChI=1S/C19H24F6N4O5.C2H6/c1-3-10-12(18(20,21)22)16(34-8-11(30)29-4-6-33-7-5-29)28-14(13(10)26)15(31)27-9-17(2,32)19(23,24)25;1-2/h32H,3-9,26H2,1-2H3,(H,27,31);1-2H3. The number of nitrogens with zero attached hydrogens (tertiary/aromatic N) is 2. The maximum absolute atomic E-state index is 13.8. The topological polar surface area (TPSA) is 127 Å². The van der Waals surface area contributed by atoms with Crippen LogP contribution >= 0.6 is 0 Å². The number of anilines is 1. The first kappa shape index (κ1) is 31.2. The van der Waals surface area contributed by atoms with Crippen LogP contribution in [0.25, 0.3) is 0 Å². The highest BCUT2D eigenvalue weighted by Crippen LogP contribution is 2.41. The van der Waals surface area contributed by atoms with Crippen LogP contribution in [0.3, 0.4) is 0 Å². The second-order valence-corrected chi connectivity index (χ2v) is 7.62. The fraction of sp³-hybridized carbons (Fsp3) is 0.667. The van der Waals surface area contributed by atoms with Gasteiger partial charge in [-0.25, -0.2) is 4.98 Å². The average Bonchev–Trinajstić information content (AvgIpc) is 2.81. The van der Waals surface area contributed by atoms with Gasteiger partial charge in [-0.1, -0.05) is 20.8 Å². The van der Waals surface area contributed by atoms with Crippen molar-refractivity contribution in [2.24, 2.45) is 0 Å². The number of amides is 2. The zero-order valence-electron chi connectivity index (χ0n) is 20.3. The number of carbonyl (C=O) groups is 2. The van der Waals surface area contributed by atoms with E-state index in [0.29, 0.717) is 6.92 Å². The third-order valence-corrected chi connectivity index (χ3v) is 5.06. The monoisotopic (exact) mass is 532 g/mol. The molecule has 0 aromatic carbocycles. The van der Waals surface area contributed by atoms with Crippen molar-refractivity contribution in [3.63, 3.8) is 0 Å². The molecule has 1 aliphatic rings. The SMILES string of the molecule is CC.CCc1c(N)c(C(=O)NCC(C)(O)C(F)(F)F)nc(OCC(=O)N2CCOCC2)c1C(F)(F)F. The van der Waals surface area contributed by atoms with E-state index < -0.39 is 71.3 Å². The summed E-state index contributed by atoms with van der Waals surface area (Å²) in [6.45, 7) is 4.45. The normalized spacial score (nSPS) is 15.9. The van der Waals surface area contributed by atoms with Gasteiger partial charge in [-0.2, -0.15) is 26.3 Å². The third-order valence-electron chi connectivity index (χ3n) is 5.06. The number of nitrogen functional groups attached to an aromatic ring is 1. The Kier molecular flexibility index (Phi) is 10.8. The number of pyridine rings is 1. The van der Waals surface area contributed by atoms with Gasteiger partial charge in [-0.15, -0.1) is 0 Å². The lowest BCUT2D eigenvalue weighted by Gasteiger charge is -2.27. The summed E-state index contributed by atoms with van der Waals surface area (Å²) in [5, 5.41) is 11.2. The Labute approximate surface area is 203 Å². The highest BCUT2D eigenvalue weighted by molar-refractivity contribution is 5.98. The van der Waals surface area contributed by atoms with Crippen molar-refractivity contribution in [3.05, 3.63) is 16.8 Å². The summed E-state index contributed by atoms with van der Waals surface area (Å²) in [5.41, 5.74) is -1.15. The quantitative estimate of drug-likeness (QED) is 0.461. The minimum absolute atomic E-state index is 0.205. The van der Waals surface area contributed by atoms with Crippen molar-refractivity contribution in [2.45, 2.75) is 52.1 Å². The number of nitrogens with one attached hydrogen (secondary N) is 1. The van der Waals surface area contributed by atoms with Gasteiger partial charge in [-0.05, 0) is 18.9 Å². The fourth-order valence-corrected chi connectivity index (χ4v) is 3.03. The molecule has 1 aromatic heterocycles. The molecule has 2 amide bonds. The van der Waals surface area contributed by atoms with Crippen molar-refractivity contribution in [1.29, 1.82) is 0 Å². The predicted octanol–water partition coefficient (Wildman–Crippen LogP) is 2.55. The van der Waals surface area contributed by atoms with Crippen LogP contribution in [0.1, 0.15) is 49.3 Å². The molecule has 0 radical (unpaired) electrons. The van der Waals surface area contributed by atoms with Gasteiger partial charge in [0, 0.05) is 13.1 Å². The van der Waals surface area contributed by atoms with Crippen LogP contribution in [-0.2, 0) is 22.1 Å². The van der Waals surface area contributed by atoms with E-state index in [1.807, 2.05) is 13.8 Å². The van der Waals surface area contributed by atoms with Crippen molar-refractivity contribution in [1.82, 2.24) is 15.2 Å². The van der Waals surface area contributed by atoms with Gasteiger partial charge in [0.05, 0.1) is 25.4 Å². The van der Waals surface area contributed by atoms with Gasteiger partial charge < -0.3 is 30.5 Å². The first-order valence-electron chi connectivity index (χ1n) is 11.0. The number of nitrogens with two attached hydrogens (primary N) is 1. The van der Waals surface area contributed by atoms with Crippen LogP contribution < -0.4 is 15.8 Å². The molecule has 1 aromatic rings. The number of rotatable bonds is 7. The Balaban J connectivity index is 0.00000316. The molecule has 1 saturated heterocycles. The summed E-state index contributed by atoms with van der Waals surface area (Å²) in [6.07, 6.45) is -10.5. The molecule has 0 spiro atoms. The number of hydrogen-bond donors (Lipinski definition) is 3. The van der Waals surface area contributed by atoms with Crippen LogP contribution in [0.15, 0.2) is 0 Å². The Hall–Kier alpha value is -2.81. The first-order valence-corrected chi connectivity index (χ1v) is 11.0. The molecule has 206 valence electrons. The van der Waals surface area contributed by atoms with Crippen LogP contribution in [0.5, 0.6) is 5.88 Å². The number of aliphatic hydroxyl groups is 1. The number of hydrogen-bond acceptors (Lipinski definition) is 7. The summed E-state index contributed by atoms with van der Waals surface area (Å²) in [4.78, 5) is 29.5. The van der Waals surface area contributed by atoms with E-state index >= 15 is 0 Å². The highest BCUT2D eigenvalue weighted by Gasteiger charge is 2.50. The predicted molar refractivity (Wildman–Crippen MR) is 116 cm³/mol. The fourth-order valence-electron chi connectivity index (χ4n) is 3.03. The molecule has 2 heterocycles. The highest BCUT2D eigenvalue weighted by atomic mass is 19.4. The average molecular weight is 532 g/mol. The Morgan fingerprint density at radius 1 is 1.17 bits per heavy atom. The number of alkyl halides is 6. The third kappa shape index (κ3) is 7.59. The molecule has 0 bridgehead atoms. The lowest BCUT2D eigenvalue weighted by atomic mass is 10.0. The molecular weight excluding hydrogens is 502 g/mol. The second kappa shape index (κ2) is 12.4. The zero-order chi connectivity index (χ0) is 27.9. The Bertz CT molecular complexity index is 916. The van der Waals surface area contributed by atoms with E-state index in [1.165, 1.54) is 11.8 Å². The molecule has 1 atom stereocenters. The molecule has 0 aliphatic carbocycles. The van der Waals surface area contributed by atoms with Crippen LogP contribution in [0, 0.1) is 0 Å². The molecule has 4 N–H and O–H groups in total. The van der Waals surface area contributed by atoms with E-state index in [4.69, 9.17) is 15.2 Å². The Morgan fingerprint density at radius 3 is 2.19 bits per heavy atom. The summed E-state index contributed by atoms with van der Waals surface area (Å²) in [7, 11) is 0. The molecule has 0 saturated carbocycles. The lowest BCUT2D eigenvalue weighted by molar-refractivity contribution is -0.249. The number of aromatic nitrogens is 1. The van der Waals surface area contributed by atoms with E-state index in [9.17, 15) is 41.0 Å². The zero-order valence-corrected chi connectivity index (χ0v) is 20.3. The van der Waals surface area contributed by atoms with E-state index in [1.54, 1.807) is 5.32 Å². The van der Waals surface area contributed by atoms with Gasteiger partial charge in [0.15, 0.2) is 17.9 Å². The molecule has 1 aliphatic heterocycles. The molecule has 15 heteroatoms. The van der Waals surface area contributed by atoms with E-state index in [0.717, 1.165) is 0 Å². The van der Waals surface area contributed by atoms with Gasteiger partial charge in [0.1, 0.15) is 5.56 Å². The molecule has 36 heavy (non-hydrogen) atoms. The minimum Gasteiger partial charge on any atom is -0.467 e. The van der Waals surface area contributed by atoms with Gasteiger partial charge in [-0.3, -0.25) is 9.59 Å². The molecule has 1 fully saturated rings. The molecule has 2 rings (SSSR count). The number of halogens is 6. The molecular formula is C21H30F6N4O5. The Morgan fingerprint density at radius 2 is 1.72 bits per heavy atom. The van der Waals surface area contributed by atoms with Crippen molar-refractivity contribution in [3.8, 4) is 5.88 Å². The van der Waals surface area contributed by atoms with Crippen molar-refractivity contribution >= 4 is 17.5 Å². The van der Waals surface area contributed by atoms with Crippen LogP contribution in [0.2, 0.25) is 0 Å². The summed E-state index contributed by atoms with van der Waals surface area (Å²) in [5.74, 6) is -3.14. The number of carbonyl (C=O) groups excluding carboxylic acids is 2. The molecule has 1 unspecified atom stereocenters. The van der Waals surface area contributed by atoms with Crippen molar-refractivity contribution in [2.75, 3.05) is 45.2 Å². The van der Waals surface area contributed by atoms with Gasteiger partial charge in [0.25, 0.3) is 11.8 Å². The lowest BCUT2D eigenvalue weighted by Crippen LogP contribution is -2.51. The second-order valence-electron chi connectivity index (χ2n) is 7.62. The first-order chi connectivity index (χ1) is 16.6. The number of morpholine rings is 1. The van der Waals surface area contributed by atoms with Crippen LogP contribution in [-0.4, -0.2) is 78.0 Å². The minimum atomic E-state index is -5.10. The van der Waals surface area contributed by atoms with Gasteiger partial charge in [0.2, 0.25) is 5.88 Å². The number of ether oxygens (including phenoxy) is 2. The maximum Gasteiger partial charge on any atom is 0.421 e. The maximum atomic E-state index is 13.8. The summed E-state index contributed by atoms with van der Waals surface area (Å²) >= 11 is 0. The van der Waals surface area contributed by atoms with Crippen LogP contribution in [0.4, 0.5) is 32.0 Å². The largest absolute Gasteiger partial charge is 0.467 e. The smallest absolute Gasteiger partial charge is 0.421 e. The summed E-state index contributed by atoms with van der Waals surface area (Å²) in [6, 6.07) is 0.